The van der Waals surface area contributed by atoms with Crippen LogP contribution in [0.4, 0.5) is 5.69 Å². The van der Waals surface area contributed by atoms with Crippen LogP contribution in [0.1, 0.15) is 36.5 Å². The monoisotopic (exact) mass is 495 g/mol. The number of nitrogens with two attached hydrogens (primary N) is 1. The van der Waals surface area contributed by atoms with E-state index in [1.807, 2.05) is 12.1 Å². The number of hydrogen-bond acceptors (Lipinski definition) is 3. The number of hydrogen-bond donors (Lipinski definition) is 2. The maximum Gasteiger partial charge on any atom is 0.193 e. The van der Waals surface area contributed by atoms with E-state index in [-0.39, 0.29) is 24.0 Å². The second-order valence-electron chi connectivity index (χ2n) is 6.82. The van der Waals surface area contributed by atoms with Crippen molar-refractivity contribution in [2.45, 2.75) is 45.4 Å². The van der Waals surface area contributed by atoms with E-state index in [9.17, 15) is 0 Å². The first-order chi connectivity index (χ1) is 13.2. The Balaban J connectivity index is 0.00000280. The summed E-state index contributed by atoms with van der Waals surface area (Å²) in [4.78, 5) is 4.43. The first kappa shape index (κ1) is 22.6. The van der Waals surface area contributed by atoms with Crippen molar-refractivity contribution in [2.24, 2.45) is 10.7 Å². The number of halogens is 1. The van der Waals surface area contributed by atoms with Crippen LogP contribution in [0.5, 0.6) is 0 Å². The largest absolute Gasteiger partial charge is 0.381 e. The zero-order chi connectivity index (χ0) is 18.9. The lowest BCUT2D eigenvalue weighted by Gasteiger charge is -2.22. The van der Waals surface area contributed by atoms with Gasteiger partial charge in [0.2, 0.25) is 0 Å². The summed E-state index contributed by atoms with van der Waals surface area (Å²) in [5.74, 6) is 0.426. The number of anilines is 1. The van der Waals surface area contributed by atoms with Gasteiger partial charge in [0.1, 0.15) is 0 Å². The Morgan fingerprint density at radius 3 is 2.54 bits per heavy atom. The minimum Gasteiger partial charge on any atom is -0.381 e. The SMILES string of the molecule is CCc1cccc(NC(N)=NCc2ccc(COC3CCOCC3)cc2)c1.I. The lowest BCUT2D eigenvalue weighted by Crippen LogP contribution is -2.23. The summed E-state index contributed by atoms with van der Waals surface area (Å²) in [6.07, 6.45) is 3.29. The Labute approximate surface area is 184 Å². The molecule has 6 heteroatoms. The van der Waals surface area contributed by atoms with Gasteiger partial charge in [0.15, 0.2) is 5.96 Å². The van der Waals surface area contributed by atoms with Gasteiger partial charge in [0, 0.05) is 18.9 Å². The molecule has 0 saturated carbocycles. The molecule has 152 valence electrons. The predicted molar refractivity (Wildman–Crippen MR) is 125 cm³/mol. The fraction of sp³-hybridized carbons (Fsp3) is 0.409. The lowest BCUT2D eigenvalue weighted by atomic mass is 10.1. The van der Waals surface area contributed by atoms with Crippen LogP contribution in [0, 0.1) is 0 Å². The van der Waals surface area contributed by atoms with Crippen LogP contribution >= 0.6 is 24.0 Å². The highest BCUT2D eigenvalue weighted by atomic mass is 127. The van der Waals surface area contributed by atoms with Crippen LogP contribution in [0.3, 0.4) is 0 Å². The Hall–Kier alpha value is -1.64. The molecule has 0 spiro atoms. The van der Waals surface area contributed by atoms with Crippen molar-refractivity contribution < 1.29 is 9.47 Å². The van der Waals surface area contributed by atoms with Gasteiger partial charge >= 0.3 is 0 Å². The molecule has 2 aromatic carbocycles. The van der Waals surface area contributed by atoms with Crippen molar-refractivity contribution in [2.75, 3.05) is 18.5 Å². The zero-order valence-electron chi connectivity index (χ0n) is 16.4. The molecule has 0 radical (unpaired) electrons. The highest BCUT2D eigenvalue weighted by Gasteiger charge is 2.13. The number of rotatable bonds is 7. The molecule has 2 aromatic rings. The molecule has 0 unspecified atom stereocenters. The molecule has 5 nitrogen and oxygen atoms in total. The van der Waals surface area contributed by atoms with Crippen LogP contribution in [0.15, 0.2) is 53.5 Å². The average Bonchev–Trinajstić information content (AvgIpc) is 2.72. The fourth-order valence-electron chi connectivity index (χ4n) is 3.03. The molecule has 0 atom stereocenters. The number of aryl methyl sites for hydroxylation is 1. The summed E-state index contributed by atoms with van der Waals surface area (Å²) >= 11 is 0. The van der Waals surface area contributed by atoms with Crippen LogP contribution in [-0.2, 0) is 29.0 Å². The highest BCUT2D eigenvalue weighted by molar-refractivity contribution is 14.0. The third kappa shape index (κ3) is 7.41. The summed E-state index contributed by atoms with van der Waals surface area (Å²) in [6, 6.07) is 16.6. The van der Waals surface area contributed by atoms with Crippen molar-refractivity contribution >= 4 is 35.6 Å². The van der Waals surface area contributed by atoms with Gasteiger partial charge in [-0.2, -0.15) is 0 Å². The number of ether oxygens (including phenoxy) is 2. The maximum absolute atomic E-state index is 6.01. The van der Waals surface area contributed by atoms with Crippen LogP contribution in [-0.4, -0.2) is 25.3 Å². The maximum atomic E-state index is 6.01. The molecule has 1 saturated heterocycles. The Bertz CT molecular complexity index is 744. The fourth-order valence-corrected chi connectivity index (χ4v) is 3.03. The summed E-state index contributed by atoms with van der Waals surface area (Å²) < 4.78 is 11.3. The predicted octanol–water partition coefficient (Wildman–Crippen LogP) is 4.49. The van der Waals surface area contributed by atoms with Gasteiger partial charge in [-0.25, -0.2) is 4.99 Å². The van der Waals surface area contributed by atoms with E-state index in [2.05, 4.69) is 53.6 Å². The molecular formula is C22H30IN3O2. The number of nitrogens with one attached hydrogen (secondary N) is 1. The Kier molecular flexibility index (Phi) is 9.73. The second-order valence-corrected chi connectivity index (χ2v) is 6.82. The molecule has 3 N–H and O–H groups in total. The first-order valence-electron chi connectivity index (χ1n) is 9.66. The van der Waals surface area contributed by atoms with Crippen molar-refractivity contribution in [3.05, 3.63) is 65.2 Å². The first-order valence-corrected chi connectivity index (χ1v) is 9.66. The smallest absolute Gasteiger partial charge is 0.193 e. The van der Waals surface area contributed by atoms with E-state index in [1.165, 1.54) is 11.1 Å². The van der Waals surface area contributed by atoms with Gasteiger partial charge in [-0.1, -0.05) is 43.3 Å². The quantitative estimate of drug-likeness (QED) is 0.338. The summed E-state index contributed by atoms with van der Waals surface area (Å²) in [5, 5.41) is 3.15. The van der Waals surface area contributed by atoms with Gasteiger partial charge in [-0.15, -0.1) is 24.0 Å². The summed E-state index contributed by atoms with van der Waals surface area (Å²) in [6.45, 7) is 4.94. The third-order valence-electron chi connectivity index (χ3n) is 4.72. The minimum atomic E-state index is 0. The third-order valence-corrected chi connectivity index (χ3v) is 4.72. The molecular weight excluding hydrogens is 465 g/mol. The van der Waals surface area contributed by atoms with Gasteiger partial charge < -0.3 is 20.5 Å². The Morgan fingerprint density at radius 2 is 1.82 bits per heavy atom. The molecule has 0 bridgehead atoms. The van der Waals surface area contributed by atoms with Gasteiger partial charge in [0.25, 0.3) is 0 Å². The highest BCUT2D eigenvalue weighted by Crippen LogP contribution is 2.14. The number of benzene rings is 2. The van der Waals surface area contributed by atoms with Crippen LogP contribution in [0.2, 0.25) is 0 Å². The summed E-state index contributed by atoms with van der Waals surface area (Å²) in [7, 11) is 0. The van der Waals surface area contributed by atoms with E-state index in [0.29, 0.717) is 25.2 Å². The molecule has 0 aromatic heterocycles. The normalized spacial score (nSPS) is 15.1. The second kappa shape index (κ2) is 12.0. The summed E-state index contributed by atoms with van der Waals surface area (Å²) in [5.41, 5.74) is 10.6. The number of aliphatic imine (C=N–C) groups is 1. The van der Waals surface area contributed by atoms with E-state index < -0.39 is 0 Å². The van der Waals surface area contributed by atoms with E-state index in [1.54, 1.807) is 0 Å². The van der Waals surface area contributed by atoms with Crippen molar-refractivity contribution in [3.63, 3.8) is 0 Å². The van der Waals surface area contributed by atoms with Crippen molar-refractivity contribution in [3.8, 4) is 0 Å². The topological polar surface area (TPSA) is 68.9 Å². The van der Waals surface area contributed by atoms with Gasteiger partial charge in [0.05, 0.1) is 19.3 Å². The molecule has 0 aliphatic carbocycles. The van der Waals surface area contributed by atoms with Crippen LogP contribution < -0.4 is 11.1 Å². The number of guanidine groups is 1. The van der Waals surface area contributed by atoms with Crippen molar-refractivity contribution in [1.82, 2.24) is 0 Å². The zero-order valence-corrected chi connectivity index (χ0v) is 18.7. The molecule has 1 fully saturated rings. The van der Waals surface area contributed by atoms with Crippen LogP contribution in [0.25, 0.3) is 0 Å². The minimum absolute atomic E-state index is 0. The Morgan fingerprint density at radius 1 is 1.11 bits per heavy atom. The molecule has 1 heterocycles. The van der Waals surface area contributed by atoms with E-state index in [4.69, 9.17) is 15.2 Å². The van der Waals surface area contributed by atoms with E-state index >= 15 is 0 Å². The van der Waals surface area contributed by atoms with Crippen molar-refractivity contribution in [1.29, 1.82) is 0 Å². The number of nitrogens with zero attached hydrogens (tertiary/aromatic N) is 1. The molecule has 1 aliphatic heterocycles. The molecule has 1 aliphatic rings. The molecule has 3 rings (SSSR count). The van der Waals surface area contributed by atoms with Gasteiger partial charge in [-0.3, -0.25) is 0 Å². The standard InChI is InChI=1S/C22H29N3O2.HI/c1-2-17-4-3-5-20(14-17)25-22(23)24-15-18-6-8-19(9-7-18)16-27-21-10-12-26-13-11-21;/h3-9,14,21H,2,10-13,15-16H2,1H3,(H3,23,24,25);1H. The average molecular weight is 495 g/mol. The lowest BCUT2D eigenvalue weighted by molar-refractivity contribution is -0.0390. The molecule has 28 heavy (non-hydrogen) atoms. The molecule has 0 amide bonds. The van der Waals surface area contributed by atoms with E-state index in [0.717, 1.165) is 43.7 Å². The van der Waals surface area contributed by atoms with Gasteiger partial charge in [-0.05, 0) is 48.1 Å².